The third kappa shape index (κ3) is 11.8. The van der Waals surface area contributed by atoms with Gasteiger partial charge in [0, 0.05) is 29.6 Å². The zero-order valence-electron chi connectivity index (χ0n) is 29.3. The highest BCUT2D eigenvalue weighted by molar-refractivity contribution is 9.09. The van der Waals surface area contributed by atoms with Gasteiger partial charge in [0.05, 0.1) is 22.2 Å². The molecule has 4 rings (SSSR count). The molecule has 12 heteroatoms. The van der Waals surface area contributed by atoms with Gasteiger partial charge in [-0.25, -0.2) is 9.37 Å². The number of halogens is 2. The van der Waals surface area contributed by atoms with Crippen LogP contribution in [0.25, 0.3) is 10.4 Å². The first-order valence-corrected chi connectivity index (χ1v) is 20.9. The number of thiazole rings is 1. The average molecular weight is 782 g/mol. The van der Waals surface area contributed by atoms with Crippen molar-refractivity contribution in [3.05, 3.63) is 41.0 Å². The van der Waals surface area contributed by atoms with E-state index in [1.807, 2.05) is 50.5 Å². The first-order valence-electron chi connectivity index (χ1n) is 17.9. The van der Waals surface area contributed by atoms with Crippen LogP contribution in [0, 0.1) is 6.92 Å². The molecule has 2 aromatic rings. The SMILES string of the molecule is Cc1ncsc1-c1ccc(CNC(=O)[C@@H]2C[C@@H](O)CN2C(=O)[C@@H](NC(=O)C2(F)CC2)C(C)(C)SCCCCCCCCCCCCBr)cc1. The quantitative estimate of drug-likeness (QED) is 0.0895. The lowest BCUT2D eigenvalue weighted by molar-refractivity contribution is -0.143. The number of nitrogens with one attached hydrogen (secondary N) is 2. The molecule has 2 fully saturated rings. The molecule has 0 unspecified atom stereocenters. The fourth-order valence-electron chi connectivity index (χ4n) is 6.29. The number of amides is 3. The third-order valence-corrected chi connectivity index (χ3v) is 12.6. The Morgan fingerprint density at radius 3 is 2.24 bits per heavy atom. The first-order chi connectivity index (χ1) is 23.4. The van der Waals surface area contributed by atoms with Gasteiger partial charge in [-0.1, -0.05) is 91.6 Å². The zero-order valence-corrected chi connectivity index (χ0v) is 32.5. The number of aryl methyl sites for hydroxylation is 1. The van der Waals surface area contributed by atoms with Crippen LogP contribution in [0.2, 0.25) is 0 Å². The summed E-state index contributed by atoms with van der Waals surface area (Å²) in [6.45, 7) is 6.00. The highest BCUT2D eigenvalue weighted by Gasteiger charge is 2.54. The van der Waals surface area contributed by atoms with Gasteiger partial charge in [0.2, 0.25) is 11.8 Å². The monoisotopic (exact) mass is 780 g/mol. The minimum Gasteiger partial charge on any atom is -0.391 e. The number of likely N-dealkylation sites (tertiary alicyclic amines) is 1. The molecule has 0 radical (unpaired) electrons. The number of alkyl halides is 2. The summed E-state index contributed by atoms with van der Waals surface area (Å²) in [7, 11) is 0. The number of aliphatic hydroxyl groups is 1. The number of nitrogens with zero attached hydrogens (tertiary/aromatic N) is 2. The zero-order chi connectivity index (χ0) is 35.4. The van der Waals surface area contributed by atoms with Crippen LogP contribution >= 0.6 is 39.0 Å². The largest absolute Gasteiger partial charge is 0.391 e. The lowest BCUT2D eigenvalue weighted by Gasteiger charge is -2.37. The Labute approximate surface area is 308 Å². The van der Waals surface area contributed by atoms with Gasteiger partial charge in [-0.2, -0.15) is 11.8 Å². The molecule has 2 aliphatic rings. The fraction of sp³-hybridized carbons (Fsp3) is 0.676. The van der Waals surface area contributed by atoms with E-state index in [2.05, 4.69) is 31.5 Å². The van der Waals surface area contributed by atoms with E-state index < -0.39 is 40.4 Å². The Kier molecular flexibility index (Phi) is 15.4. The van der Waals surface area contributed by atoms with Crippen molar-refractivity contribution in [3.8, 4) is 10.4 Å². The number of hydrogen-bond acceptors (Lipinski definition) is 7. The number of aliphatic hydroxyl groups excluding tert-OH is 1. The highest BCUT2D eigenvalue weighted by Crippen LogP contribution is 2.41. The molecule has 0 spiro atoms. The fourth-order valence-corrected chi connectivity index (χ4v) is 8.70. The molecular formula is C37H54BrFN4O4S2. The van der Waals surface area contributed by atoms with E-state index in [1.54, 1.807) is 23.1 Å². The standard InChI is InChI=1S/C37H54BrFN4O4S2/c1-26-31(48-25-41-26)28-16-14-27(15-17-28)23-40-33(45)30-22-29(44)24-43(30)34(46)32(42-35(47)37(39)18-19-37)36(2,3)49-21-13-11-9-7-5-4-6-8-10-12-20-38/h14-17,25,29-30,32,44H,4-13,18-24H2,1-3H3,(H,40,45)(H,42,47)/t29-,30+,32-/m1/s1. The maximum Gasteiger partial charge on any atom is 0.258 e. The lowest BCUT2D eigenvalue weighted by atomic mass is 10.00. The molecule has 49 heavy (non-hydrogen) atoms. The van der Waals surface area contributed by atoms with Crippen molar-refractivity contribution in [3.63, 3.8) is 0 Å². The van der Waals surface area contributed by atoms with Crippen LogP contribution in [-0.2, 0) is 20.9 Å². The smallest absolute Gasteiger partial charge is 0.258 e. The van der Waals surface area contributed by atoms with Crippen LogP contribution in [-0.4, -0.2) is 78.9 Å². The number of hydrogen-bond donors (Lipinski definition) is 3. The molecule has 272 valence electrons. The minimum atomic E-state index is -1.94. The second-order valence-electron chi connectivity index (χ2n) is 14.1. The Balaban J connectivity index is 1.31. The van der Waals surface area contributed by atoms with Gasteiger partial charge < -0.3 is 20.6 Å². The van der Waals surface area contributed by atoms with Crippen molar-refractivity contribution >= 4 is 56.8 Å². The number of aromatic nitrogens is 1. The maximum absolute atomic E-state index is 14.8. The van der Waals surface area contributed by atoms with E-state index in [1.165, 1.54) is 56.3 Å². The molecule has 3 amide bonds. The number of carbonyl (C=O) groups excluding carboxylic acids is 3. The van der Waals surface area contributed by atoms with Crippen molar-refractivity contribution in [1.29, 1.82) is 0 Å². The van der Waals surface area contributed by atoms with Gasteiger partial charge in [-0.3, -0.25) is 14.4 Å². The summed E-state index contributed by atoms with van der Waals surface area (Å²) in [5, 5.41) is 17.4. The summed E-state index contributed by atoms with van der Waals surface area (Å²) in [5.41, 5.74) is 2.80. The molecule has 1 saturated heterocycles. The molecule has 3 atom stereocenters. The van der Waals surface area contributed by atoms with Crippen LogP contribution in [0.3, 0.4) is 0 Å². The number of carbonyl (C=O) groups is 3. The summed E-state index contributed by atoms with van der Waals surface area (Å²) in [6.07, 6.45) is 11.7. The number of benzene rings is 1. The highest BCUT2D eigenvalue weighted by atomic mass is 79.9. The second kappa shape index (κ2) is 19.0. The molecule has 3 N–H and O–H groups in total. The molecule has 8 nitrogen and oxygen atoms in total. The van der Waals surface area contributed by atoms with Gasteiger partial charge in [0.1, 0.15) is 12.1 Å². The van der Waals surface area contributed by atoms with Gasteiger partial charge in [0.25, 0.3) is 5.91 Å². The Morgan fingerprint density at radius 1 is 1.06 bits per heavy atom. The number of β-amino-alcohol motifs (C(OH)–C–C–N with tert-alkyl or cyclic N) is 1. The van der Waals surface area contributed by atoms with Crippen LogP contribution in [0.4, 0.5) is 4.39 Å². The molecule has 1 aromatic carbocycles. The van der Waals surface area contributed by atoms with Crippen LogP contribution in [0.5, 0.6) is 0 Å². The van der Waals surface area contributed by atoms with Crippen molar-refractivity contribution in [2.24, 2.45) is 0 Å². The third-order valence-electron chi connectivity index (χ3n) is 9.61. The molecule has 0 bridgehead atoms. The predicted octanol–water partition coefficient (Wildman–Crippen LogP) is 7.49. The number of thioether (sulfide) groups is 1. The molecule has 1 aliphatic heterocycles. The summed E-state index contributed by atoms with van der Waals surface area (Å²) < 4.78 is 14.1. The van der Waals surface area contributed by atoms with Crippen molar-refractivity contribution in [1.82, 2.24) is 20.5 Å². The van der Waals surface area contributed by atoms with Crippen LogP contribution in [0.15, 0.2) is 29.8 Å². The van der Waals surface area contributed by atoms with E-state index in [-0.39, 0.29) is 38.3 Å². The van der Waals surface area contributed by atoms with E-state index in [9.17, 15) is 23.9 Å². The van der Waals surface area contributed by atoms with E-state index in [4.69, 9.17) is 0 Å². The first kappa shape index (κ1) is 39.8. The molecular weight excluding hydrogens is 727 g/mol. The molecule has 2 heterocycles. The number of rotatable bonds is 21. The molecule has 1 saturated carbocycles. The van der Waals surface area contributed by atoms with Gasteiger partial charge in [-0.15, -0.1) is 11.3 Å². The normalized spacial score (nSPS) is 19.1. The van der Waals surface area contributed by atoms with Crippen molar-refractivity contribution < 1.29 is 23.9 Å². The molecule has 1 aromatic heterocycles. The topological polar surface area (TPSA) is 112 Å². The Morgan fingerprint density at radius 2 is 1.67 bits per heavy atom. The maximum atomic E-state index is 14.8. The van der Waals surface area contributed by atoms with Gasteiger partial charge >= 0.3 is 0 Å². The van der Waals surface area contributed by atoms with Crippen molar-refractivity contribution in [2.75, 3.05) is 17.6 Å². The summed E-state index contributed by atoms with van der Waals surface area (Å²) in [4.78, 5) is 47.4. The average Bonchev–Trinajstić information content (AvgIpc) is 3.49. The van der Waals surface area contributed by atoms with E-state index in [0.717, 1.165) is 45.6 Å². The second-order valence-corrected chi connectivity index (χ2v) is 17.5. The van der Waals surface area contributed by atoms with Crippen LogP contribution < -0.4 is 10.6 Å². The lowest BCUT2D eigenvalue weighted by Crippen LogP contribution is -2.61. The summed E-state index contributed by atoms with van der Waals surface area (Å²) in [5.74, 6) is -0.809. The van der Waals surface area contributed by atoms with Gasteiger partial charge in [0.15, 0.2) is 5.67 Å². The minimum absolute atomic E-state index is 0.0236. The Hall–Kier alpha value is -2.02. The van der Waals surface area contributed by atoms with Gasteiger partial charge in [-0.05, 0) is 63.3 Å². The molecule has 1 aliphatic carbocycles. The predicted molar refractivity (Wildman–Crippen MR) is 202 cm³/mol. The van der Waals surface area contributed by atoms with Crippen LogP contribution in [0.1, 0.15) is 109 Å². The summed E-state index contributed by atoms with van der Waals surface area (Å²) in [6, 6.07) is 5.95. The number of unbranched alkanes of at least 4 members (excludes halogenated alkanes) is 9. The van der Waals surface area contributed by atoms with E-state index >= 15 is 0 Å². The van der Waals surface area contributed by atoms with Crippen molar-refractivity contribution in [2.45, 2.75) is 139 Å². The van der Waals surface area contributed by atoms with E-state index in [0.29, 0.717) is 0 Å². The summed E-state index contributed by atoms with van der Waals surface area (Å²) >= 11 is 6.66. The Bertz CT molecular complexity index is 1370.